The molecule has 0 saturated heterocycles. The van der Waals surface area contributed by atoms with Crippen molar-refractivity contribution in [2.75, 3.05) is 6.61 Å². The zero-order valence-corrected chi connectivity index (χ0v) is 13.4. The van der Waals surface area contributed by atoms with E-state index in [-0.39, 0.29) is 24.2 Å². The van der Waals surface area contributed by atoms with Gasteiger partial charge in [0.2, 0.25) is 11.6 Å². The number of alkyl halides is 2. The number of carbonyl (C=O) groups is 1. The summed E-state index contributed by atoms with van der Waals surface area (Å²) in [5, 5.41) is 6.34. The third-order valence-corrected chi connectivity index (χ3v) is 3.94. The topological polar surface area (TPSA) is 103 Å². The standard InChI is InChI=1S/C16H12F2N4O4/c1-7-12(25-6-19-7)15(23)20-10-5-24-11-4-8(2-3-9(10)11)14-21-16(13(17)18)26-22-14/h2-4,6,10,13H,5H2,1H3,(H,20,23)/t10-/m1/s1. The number of halogens is 2. The quantitative estimate of drug-likeness (QED) is 0.761. The smallest absolute Gasteiger partial charge is 0.315 e. The molecule has 26 heavy (non-hydrogen) atoms. The second-order valence-corrected chi connectivity index (χ2v) is 5.61. The largest absolute Gasteiger partial charge is 0.491 e. The van der Waals surface area contributed by atoms with Gasteiger partial charge >= 0.3 is 6.43 Å². The number of oxazole rings is 1. The summed E-state index contributed by atoms with van der Waals surface area (Å²) in [5.41, 5.74) is 1.71. The summed E-state index contributed by atoms with van der Waals surface area (Å²) >= 11 is 0. The van der Waals surface area contributed by atoms with Crippen LogP contribution in [0, 0.1) is 6.92 Å². The van der Waals surface area contributed by atoms with Crippen molar-refractivity contribution in [3.05, 3.63) is 47.5 Å². The molecule has 0 spiro atoms. The highest BCUT2D eigenvalue weighted by Gasteiger charge is 2.28. The van der Waals surface area contributed by atoms with Crippen LogP contribution < -0.4 is 10.1 Å². The molecule has 8 nitrogen and oxygen atoms in total. The summed E-state index contributed by atoms with van der Waals surface area (Å²) in [6.07, 6.45) is -1.63. The molecule has 1 aliphatic heterocycles. The summed E-state index contributed by atoms with van der Waals surface area (Å²) in [6, 6.07) is 4.60. The molecule has 4 rings (SSSR count). The minimum Gasteiger partial charge on any atom is -0.491 e. The maximum Gasteiger partial charge on any atom is 0.315 e. The van der Waals surface area contributed by atoms with Crippen LogP contribution in [0.25, 0.3) is 11.4 Å². The molecule has 1 N–H and O–H groups in total. The molecule has 0 bridgehead atoms. The van der Waals surface area contributed by atoms with Crippen LogP contribution in [0.15, 0.2) is 33.5 Å². The van der Waals surface area contributed by atoms with Crippen molar-refractivity contribution in [3.63, 3.8) is 0 Å². The Morgan fingerprint density at radius 3 is 2.92 bits per heavy atom. The Labute approximate surface area is 145 Å². The molecule has 0 aliphatic carbocycles. The second-order valence-electron chi connectivity index (χ2n) is 5.61. The van der Waals surface area contributed by atoms with Gasteiger partial charge in [-0.05, 0) is 13.0 Å². The van der Waals surface area contributed by atoms with Gasteiger partial charge in [-0.15, -0.1) is 0 Å². The molecular formula is C16H12F2N4O4. The number of amides is 1. The van der Waals surface area contributed by atoms with Gasteiger partial charge in [0.15, 0.2) is 6.39 Å². The fraction of sp³-hybridized carbons (Fsp3) is 0.250. The number of aromatic nitrogens is 3. The fourth-order valence-electron chi connectivity index (χ4n) is 2.65. The SMILES string of the molecule is Cc1ncoc1C(=O)N[C@@H]1COc2cc(-c3noc(C(F)F)n3)ccc21. The van der Waals surface area contributed by atoms with E-state index in [1.54, 1.807) is 25.1 Å². The predicted octanol–water partition coefficient (Wildman–Crippen LogP) is 2.83. The van der Waals surface area contributed by atoms with Crippen LogP contribution in [0.4, 0.5) is 8.78 Å². The third-order valence-electron chi connectivity index (χ3n) is 3.94. The predicted molar refractivity (Wildman–Crippen MR) is 81.6 cm³/mol. The molecule has 3 aromatic rings. The molecule has 1 amide bonds. The van der Waals surface area contributed by atoms with Gasteiger partial charge in [-0.3, -0.25) is 4.79 Å². The van der Waals surface area contributed by atoms with Crippen molar-refractivity contribution < 1.29 is 27.3 Å². The Morgan fingerprint density at radius 1 is 1.38 bits per heavy atom. The van der Waals surface area contributed by atoms with Crippen LogP contribution in [0.5, 0.6) is 5.75 Å². The molecule has 1 atom stereocenters. The van der Waals surface area contributed by atoms with Crippen molar-refractivity contribution in [1.29, 1.82) is 0 Å². The Balaban J connectivity index is 1.54. The van der Waals surface area contributed by atoms with E-state index in [9.17, 15) is 13.6 Å². The van der Waals surface area contributed by atoms with Crippen molar-refractivity contribution in [2.24, 2.45) is 0 Å². The van der Waals surface area contributed by atoms with Gasteiger partial charge in [-0.1, -0.05) is 17.3 Å². The molecule has 0 unspecified atom stereocenters. The highest BCUT2D eigenvalue weighted by Crippen LogP contribution is 2.35. The first-order valence-electron chi connectivity index (χ1n) is 7.62. The van der Waals surface area contributed by atoms with E-state index in [4.69, 9.17) is 9.15 Å². The van der Waals surface area contributed by atoms with Gasteiger partial charge in [0.1, 0.15) is 12.4 Å². The summed E-state index contributed by atoms with van der Waals surface area (Å²) in [6.45, 7) is 1.90. The van der Waals surface area contributed by atoms with Gasteiger partial charge in [-0.2, -0.15) is 13.8 Å². The number of nitrogens with one attached hydrogen (secondary N) is 1. The van der Waals surface area contributed by atoms with Crippen molar-refractivity contribution in [3.8, 4) is 17.1 Å². The number of rotatable bonds is 4. The van der Waals surface area contributed by atoms with Crippen LogP contribution in [0.2, 0.25) is 0 Å². The Morgan fingerprint density at radius 2 is 2.23 bits per heavy atom. The highest BCUT2D eigenvalue weighted by molar-refractivity contribution is 5.92. The van der Waals surface area contributed by atoms with E-state index in [0.29, 0.717) is 17.0 Å². The van der Waals surface area contributed by atoms with Gasteiger partial charge in [0.25, 0.3) is 11.8 Å². The first-order valence-corrected chi connectivity index (χ1v) is 7.62. The average Bonchev–Trinajstić information content (AvgIpc) is 3.34. The molecule has 1 aromatic carbocycles. The normalized spacial score (nSPS) is 15.8. The first kappa shape index (κ1) is 16.2. The zero-order chi connectivity index (χ0) is 18.3. The van der Waals surface area contributed by atoms with E-state index in [0.717, 1.165) is 5.56 Å². The van der Waals surface area contributed by atoms with E-state index in [1.807, 2.05) is 0 Å². The molecule has 0 saturated carbocycles. The van der Waals surface area contributed by atoms with E-state index < -0.39 is 18.2 Å². The molecule has 0 fully saturated rings. The Hall–Kier alpha value is -3.30. The summed E-state index contributed by atoms with van der Waals surface area (Å²) in [7, 11) is 0. The molecule has 1 aliphatic rings. The van der Waals surface area contributed by atoms with Crippen molar-refractivity contribution in [2.45, 2.75) is 19.4 Å². The number of hydrogen-bond donors (Lipinski definition) is 1. The van der Waals surface area contributed by atoms with Crippen LogP contribution >= 0.6 is 0 Å². The lowest BCUT2D eigenvalue weighted by Gasteiger charge is -2.10. The molecular weight excluding hydrogens is 350 g/mol. The third kappa shape index (κ3) is 2.79. The van der Waals surface area contributed by atoms with E-state index >= 15 is 0 Å². The number of nitrogens with zero attached hydrogens (tertiary/aromatic N) is 3. The second kappa shape index (κ2) is 6.21. The van der Waals surface area contributed by atoms with Crippen LogP contribution in [0.3, 0.4) is 0 Å². The lowest BCUT2D eigenvalue weighted by atomic mass is 10.1. The minimum absolute atomic E-state index is 0.0384. The maximum absolute atomic E-state index is 12.6. The summed E-state index contributed by atoms with van der Waals surface area (Å²) in [4.78, 5) is 19.8. The maximum atomic E-state index is 12.6. The van der Waals surface area contributed by atoms with Crippen LogP contribution in [0.1, 0.15) is 40.2 Å². The van der Waals surface area contributed by atoms with Crippen molar-refractivity contribution in [1.82, 2.24) is 20.4 Å². The molecule has 2 aromatic heterocycles. The monoisotopic (exact) mass is 362 g/mol. The molecule has 3 heterocycles. The van der Waals surface area contributed by atoms with Gasteiger partial charge < -0.3 is 19.0 Å². The lowest BCUT2D eigenvalue weighted by molar-refractivity contribution is 0.0901. The number of hydrogen-bond acceptors (Lipinski definition) is 7. The number of carbonyl (C=O) groups excluding carboxylic acids is 1. The minimum atomic E-state index is -2.83. The zero-order valence-electron chi connectivity index (χ0n) is 13.4. The van der Waals surface area contributed by atoms with Crippen molar-refractivity contribution >= 4 is 5.91 Å². The highest BCUT2D eigenvalue weighted by atomic mass is 19.3. The van der Waals surface area contributed by atoms with Gasteiger partial charge in [0.05, 0.1) is 11.7 Å². The fourth-order valence-corrected chi connectivity index (χ4v) is 2.65. The Bertz CT molecular complexity index is 969. The van der Waals surface area contributed by atoms with E-state index in [1.165, 1.54) is 6.39 Å². The number of ether oxygens (including phenoxy) is 1. The number of benzene rings is 1. The average molecular weight is 362 g/mol. The lowest BCUT2D eigenvalue weighted by Crippen LogP contribution is -2.29. The molecule has 0 radical (unpaired) electrons. The van der Waals surface area contributed by atoms with Crippen LogP contribution in [-0.4, -0.2) is 27.6 Å². The van der Waals surface area contributed by atoms with Gasteiger partial charge in [0, 0.05) is 11.1 Å². The van der Waals surface area contributed by atoms with Crippen LogP contribution in [-0.2, 0) is 0 Å². The van der Waals surface area contributed by atoms with Gasteiger partial charge in [-0.25, -0.2) is 4.98 Å². The Kier molecular flexibility index (Phi) is 3.86. The molecule has 10 heteroatoms. The van der Waals surface area contributed by atoms with E-state index in [2.05, 4.69) is 25.0 Å². The number of aryl methyl sites for hydroxylation is 1. The first-order chi connectivity index (χ1) is 12.5. The summed E-state index contributed by atoms with van der Waals surface area (Å²) in [5.74, 6) is -0.456. The summed E-state index contributed by atoms with van der Waals surface area (Å²) < 4.78 is 40.3. The molecule has 134 valence electrons. The number of fused-ring (bicyclic) bond motifs is 1.